The Morgan fingerprint density at radius 3 is 2.50 bits per heavy atom. The molecule has 8 nitrogen and oxygen atoms in total. The second-order valence-electron chi connectivity index (χ2n) is 7.69. The third-order valence-electron chi connectivity index (χ3n) is 5.65. The van der Waals surface area contributed by atoms with Crippen LogP contribution in [-0.2, 0) is 27.5 Å². The third kappa shape index (κ3) is 3.32. The van der Waals surface area contributed by atoms with Gasteiger partial charge in [0.2, 0.25) is 11.8 Å². The van der Waals surface area contributed by atoms with Gasteiger partial charge in [0.25, 0.3) is 5.91 Å². The Morgan fingerprint density at radius 1 is 1.25 bits per heavy atom. The number of urea groups is 1. The Hall–Kier alpha value is -2.61. The zero-order valence-corrected chi connectivity index (χ0v) is 16.2. The summed E-state index contributed by atoms with van der Waals surface area (Å²) in [6.07, 6.45) is 2.21. The highest BCUT2D eigenvalue weighted by molar-refractivity contribution is 6.33. The highest BCUT2D eigenvalue weighted by Crippen LogP contribution is 2.44. The van der Waals surface area contributed by atoms with Crippen LogP contribution in [0.15, 0.2) is 12.1 Å². The Balaban J connectivity index is 1.42. The predicted octanol–water partition coefficient (Wildman–Crippen LogP) is 1.91. The maximum Gasteiger partial charge on any atom is 0.322 e. The van der Waals surface area contributed by atoms with Crippen molar-refractivity contribution in [1.29, 1.82) is 0 Å². The second kappa shape index (κ2) is 6.77. The summed E-state index contributed by atoms with van der Waals surface area (Å²) in [5, 5.41) is 8.16. The lowest BCUT2D eigenvalue weighted by atomic mass is 9.88. The normalized spacial score (nSPS) is 23.3. The first-order valence-corrected chi connectivity index (χ1v) is 9.66. The summed E-state index contributed by atoms with van der Waals surface area (Å²) in [7, 11) is 0. The number of amides is 5. The van der Waals surface area contributed by atoms with Crippen LogP contribution >= 0.6 is 11.6 Å². The van der Waals surface area contributed by atoms with Crippen LogP contribution in [0.3, 0.4) is 0 Å². The first kappa shape index (κ1) is 18.7. The Kier molecular flexibility index (Phi) is 4.53. The molecule has 3 N–H and O–H groups in total. The van der Waals surface area contributed by atoms with Crippen molar-refractivity contribution in [2.24, 2.45) is 5.92 Å². The minimum atomic E-state index is -0.957. The molecule has 9 heteroatoms. The van der Waals surface area contributed by atoms with Crippen molar-refractivity contribution < 1.29 is 19.2 Å². The van der Waals surface area contributed by atoms with Gasteiger partial charge >= 0.3 is 6.03 Å². The number of benzene rings is 1. The summed E-state index contributed by atoms with van der Waals surface area (Å²) >= 11 is 6.21. The van der Waals surface area contributed by atoms with Crippen LogP contribution in [0.4, 0.5) is 10.5 Å². The Morgan fingerprint density at radius 2 is 1.93 bits per heavy atom. The summed E-state index contributed by atoms with van der Waals surface area (Å²) in [5.74, 6) is -0.525. The molecule has 1 atom stereocenters. The van der Waals surface area contributed by atoms with Crippen molar-refractivity contribution in [3.63, 3.8) is 0 Å². The molecular weight excluding hydrogens is 384 g/mol. The highest BCUT2D eigenvalue weighted by Gasteiger charge is 2.55. The van der Waals surface area contributed by atoms with Crippen molar-refractivity contribution >= 4 is 41.0 Å². The minimum Gasteiger partial charge on any atom is -0.334 e. The standard InChI is InChI=1S/C19H21ClN4O4/c1-10(25)21-15-7-12-9-24(8-11(12)6-14(15)20)16(26)4-5-19(13-2-3-13)17(27)22-18(28)23-19/h6-7,13H,2-5,8-9H2,1H3,(H,21,25)(H2,22,23,27,28). The average molecular weight is 405 g/mol. The van der Waals surface area contributed by atoms with E-state index in [1.165, 1.54) is 6.92 Å². The molecule has 0 aromatic heterocycles. The van der Waals surface area contributed by atoms with E-state index in [1.807, 2.05) is 0 Å². The zero-order valence-electron chi connectivity index (χ0n) is 15.4. The van der Waals surface area contributed by atoms with Gasteiger partial charge in [0.05, 0.1) is 10.7 Å². The molecule has 0 radical (unpaired) electrons. The molecular formula is C19H21ClN4O4. The molecule has 1 aromatic rings. The highest BCUT2D eigenvalue weighted by atomic mass is 35.5. The van der Waals surface area contributed by atoms with Crippen LogP contribution in [0.1, 0.15) is 43.7 Å². The molecule has 4 rings (SSSR count). The van der Waals surface area contributed by atoms with Crippen molar-refractivity contribution in [1.82, 2.24) is 15.5 Å². The minimum absolute atomic E-state index is 0.0811. The number of hydrogen-bond donors (Lipinski definition) is 3. The van der Waals surface area contributed by atoms with Crippen LogP contribution in [0.2, 0.25) is 5.02 Å². The fraction of sp³-hybridized carbons (Fsp3) is 0.474. The van der Waals surface area contributed by atoms with Crippen LogP contribution < -0.4 is 16.0 Å². The zero-order chi connectivity index (χ0) is 20.1. The number of nitrogens with zero attached hydrogens (tertiary/aromatic N) is 1. The molecule has 28 heavy (non-hydrogen) atoms. The van der Waals surface area contributed by atoms with Gasteiger partial charge in [-0.1, -0.05) is 11.6 Å². The SMILES string of the molecule is CC(=O)Nc1cc2c(cc1Cl)CN(C(=O)CCC1(C3CC3)NC(=O)NC1=O)C2. The number of hydrogen-bond acceptors (Lipinski definition) is 4. The summed E-state index contributed by atoms with van der Waals surface area (Å²) in [6, 6.07) is 3.08. The van der Waals surface area contributed by atoms with Gasteiger partial charge in [-0.2, -0.15) is 0 Å². The lowest BCUT2D eigenvalue weighted by Crippen LogP contribution is -2.49. The smallest absolute Gasteiger partial charge is 0.322 e. The number of carbonyl (C=O) groups is 4. The van der Waals surface area contributed by atoms with Gasteiger partial charge in [-0.25, -0.2) is 4.79 Å². The van der Waals surface area contributed by atoms with Gasteiger partial charge in [-0.3, -0.25) is 19.7 Å². The molecule has 3 aliphatic rings. The number of rotatable bonds is 5. The van der Waals surface area contributed by atoms with Crippen LogP contribution in [0.5, 0.6) is 0 Å². The van der Waals surface area contributed by atoms with Crippen molar-refractivity contribution in [2.45, 2.75) is 51.2 Å². The van der Waals surface area contributed by atoms with E-state index in [0.717, 1.165) is 24.0 Å². The molecule has 5 amide bonds. The molecule has 1 saturated carbocycles. The van der Waals surface area contributed by atoms with Gasteiger partial charge < -0.3 is 15.5 Å². The van der Waals surface area contributed by atoms with Crippen LogP contribution in [0.25, 0.3) is 0 Å². The van der Waals surface area contributed by atoms with Crippen LogP contribution in [-0.4, -0.2) is 34.2 Å². The van der Waals surface area contributed by atoms with E-state index in [9.17, 15) is 19.2 Å². The summed E-state index contributed by atoms with van der Waals surface area (Å²) in [4.78, 5) is 49.7. The van der Waals surface area contributed by atoms with Crippen molar-refractivity contribution in [2.75, 3.05) is 5.32 Å². The van der Waals surface area contributed by atoms with Gasteiger partial charge in [0.1, 0.15) is 5.54 Å². The van der Waals surface area contributed by atoms with Gasteiger partial charge in [0, 0.05) is 26.4 Å². The first-order chi connectivity index (χ1) is 13.3. The van der Waals surface area contributed by atoms with Gasteiger partial charge in [-0.05, 0) is 48.4 Å². The molecule has 2 fully saturated rings. The van der Waals surface area contributed by atoms with Gasteiger partial charge in [0.15, 0.2) is 0 Å². The number of carbonyl (C=O) groups excluding carboxylic acids is 4. The van der Waals surface area contributed by atoms with Gasteiger partial charge in [-0.15, -0.1) is 0 Å². The number of fused-ring (bicyclic) bond motifs is 1. The Labute approximate surface area is 167 Å². The number of nitrogens with one attached hydrogen (secondary N) is 3. The van der Waals surface area contributed by atoms with E-state index in [0.29, 0.717) is 30.2 Å². The first-order valence-electron chi connectivity index (χ1n) is 9.29. The molecule has 148 valence electrons. The quantitative estimate of drug-likeness (QED) is 0.651. The monoisotopic (exact) mass is 404 g/mol. The summed E-state index contributed by atoms with van der Waals surface area (Å²) in [6.45, 7) is 2.27. The van der Waals surface area contributed by atoms with E-state index < -0.39 is 11.6 Å². The fourth-order valence-electron chi connectivity index (χ4n) is 4.09. The van der Waals surface area contributed by atoms with E-state index >= 15 is 0 Å². The molecule has 1 aromatic carbocycles. The molecule has 2 aliphatic heterocycles. The Bertz CT molecular complexity index is 898. The molecule has 2 heterocycles. The lowest BCUT2D eigenvalue weighted by molar-refractivity contribution is -0.133. The largest absolute Gasteiger partial charge is 0.334 e. The molecule has 1 saturated heterocycles. The fourth-order valence-corrected chi connectivity index (χ4v) is 4.33. The topological polar surface area (TPSA) is 108 Å². The molecule has 1 aliphatic carbocycles. The number of imide groups is 1. The maximum atomic E-state index is 12.8. The molecule has 0 spiro atoms. The second-order valence-corrected chi connectivity index (χ2v) is 8.09. The summed E-state index contributed by atoms with van der Waals surface area (Å²) in [5.41, 5.74) is 1.45. The predicted molar refractivity (Wildman–Crippen MR) is 101 cm³/mol. The number of anilines is 1. The van der Waals surface area contributed by atoms with E-state index in [-0.39, 0.29) is 30.1 Å². The average Bonchev–Trinajstić information content (AvgIpc) is 3.33. The lowest BCUT2D eigenvalue weighted by Gasteiger charge is -2.26. The van der Waals surface area contributed by atoms with Crippen molar-refractivity contribution in [3.8, 4) is 0 Å². The number of halogens is 1. The summed E-state index contributed by atoms with van der Waals surface area (Å²) < 4.78 is 0. The molecule has 0 bridgehead atoms. The van der Waals surface area contributed by atoms with E-state index in [4.69, 9.17) is 11.6 Å². The maximum absolute atomic E-state index is 12.8. The third-order valence-corrected chi connectivity index (χ3v) is 5.96. The van der Waals surface area contributed by atoms with E-state index in [2.05, 4.69) is 16.0 Å². The van der Waals surface area contributed by atoms with Crippen LogP contribution in [0, 0.1) is 5.92 Å². The van der Waals surface area contributed by atoms with Crippen molar-refractivity contribution in [3.05, 3.63) is 28.3 Å². The molecule has 1 unspecified atom stereocenters. The van der Waals surface area contributed by atoms with E-state index in [1.54, 1.807) is 17.0 Å².